The molecular weight excluding hydrogens is 136 g/mol. The first kappa shape index (κ1) is 8.12. The summed E-state index contributed by atoms with van der Waals surface area (Å²) in [4.78, 5) is 0. The number of hydrogen-bond acceptors (Lipinski definition) is 1. The molecule has 0 unspecified atom stereocenters. The molecule has 0 radical (unpaired) electrons. The molecule has 0 saturated carbocycles. The molecule has 0 atom stereocenters. The monoisotopic (exact) mass is 150 g/mol. The number of ether oxygens (including phenoxy) is 1. The van der Waals surface area contributed by atoms with Crippen molar-refractivity contribution in [2.24, 2.45) is 5.41 Å². The minimum atomic E-state index is 0.138. The van der Waals surface area contributed by atoms with Gasteiger partial charge >= 0.3 is 0 Å². The Hall–Kier alpha value is -0.980. The summed E-state index contributed by atoms with van der Waals surface area (Å²) in [6.45, 7) is 5.04. The molecule has 0 aromatic heterocycles. The van der Waals surface area contributed by atoms with Gasteiger partial charge in [0.1, 0.15) is 0 Å². The van der Waals surface area contributed by atoms with E-state index in [-0.39, 0.29) is 5.41 Å². The second kappa shape index (κ2) is 3.42. The molecule has 0 saturated heterocycles. The number of rotatable bonds is 0. The first-order chi connectivity index (χ1) is 5.21. The van der Waals surface area contributed by atoms with Crippen molar-refractivity contribution < 1.29 is 4.74 Å². The first-order valence-corrected chi connectivity index (χ1v) is 3.83. The van der Waals surface area contributed by atoms with Gasteiger partial charge in [-0.15, -0.1) is 0 Å². The van der Waals surface area contributed by atoms with Crippen LogP contribution in [0, 0.1) is 5.41 Å². The van der Waals surface area contributed by atoms with Crippen LogP contribution in [0.3, 0.4) is 0 Å². The van der Waals surface area contributed by atoms with E-state index in [1.807, 2.05) is 18.2 Å². The fraction of sp³-hybridized carbons (Fsp3) is 0.400. The molecule has 0 aromatic carbocycles. The van der Waals surface area contributed by atoms with Crippen LogP contribution in [0.25, 0.3) is 0 Å². The zero-order valence-electron chi connectivity index (χ0n) is 7.08. The van der Waals surface area contributed by atoms with Crippen LogP contribution < -0.4 is 0 Å². The van der Waals surface area contributed by atoms with E-state index in [9.17, 15) is 0 Å². The van der Waals surface area contributed by atoms with Crippen LogP contribution in [0.5, 0.6) is 0 Å². The lowest BCUT2D eigenvalue weighted by molar-refractivity contribution is 0.171. The van der Waals surface area contributed by atoms with Gasteiger partial charge in [0.25, 0.3) is 0 Å². The Morgan fingerprint density at radius 1 is 1.09 bits per heavy atom. The van der Waals surface area contributed by atoms with Gasteiger partial charge in [0, 0.05) is 5.41 Å². The Morgan fingerprint density at radius 3 is 2.64 bits per heavy atom. The maximum Gasteiger partial charge on any atom is 0.0958 e. The highest BCUT2D eigenvalue weighted by molar-refractivity contribution is 5.13. The standard InChI is InChI=1S/C10H14O/c1-10(2)7-5-3-4-6-8-11-9-10/h3-8H,9H2,1-2H3/b4-3-,7-5-,8-6-. The smallest absolute Gasteiger partial charge is 0.0958 e. The van der Waals surface area contributed by atoms with E-state index in [1.54, 1.807) is 6.26 Å². The summed E-state index contributed by atoms with van der Waals surface area (Å²) >= 11 is 0. The van der Waals surface area contributed by atoms with Crippen molar-refractivity contribution in [2.45, 2.75) is 13.8 Å². The zero-order chi connectivity index (χ0) is 8.16. The summed E-state index contributed by atoms with van der Waals surface area (Å²) in [5.74, 6) is 0. The molecule has 0 N–H and O–H groups in total. The fourth-order valence-corrected chi connectivity index (χ4v) is 0.856. The van der Waals surface area contributed by atoms with Crippen LogP contribution in [0.4, 0.5) is 0 Å². The Morgan fingerprint density at radius 2 is 1.82 bits per heavy atom. The predicted octanol–water partition coefficient (Wildman–Crippen LogP) is 2.67. The molecule has 0 amide bonds. The van der Waals surface area contributed by atoms with Crippen LogP contribution in [-0.2, 0) is 4.74 Å². The van der Waals surface area contributed by atoms with Crippen LogP contribution in [0.15, 0.2) is 36.6 Å². The van der Waals surface area contributed by atoms with Gasteiger partial charge in [-0.3, -0.25) is 0 Å². The molecule has 1 rings (SSSR count). The summed E-state index contributed by atoms with van der Waals surface area (Å²) in [6, 6.07) is 0. The lowest BCUT2D eigenvalue weighted by Crippen LogP contribution is -2.14. The van der Waals surface area contributed by atoms with E-state index in [2.05, 4.69) is 26.0 Å². The third-order valence-corrected chi connectivity index (χ3v) is 1.51. The minimum Gasteiger partial charge on any atom is -0.500 e. The highest BCUT2D eigenvalue weighted by Crippen LogP contribution is 2.17. The molecule has 1 heterocycles. The van der Waals surface area contributed by atoms with Crippen molar-refractivity contribution in [1.29, 1.82) is 0 Å². The van der Waals surface area contributed by atoms with Crippen LogP contribution in [0.1, 0.15) is 13.8 Å². The molecule has 1 heteroatoms. The van der Waals surface area contributed by atoms with Crippen molar-refractivity contribution in [3.8, 4) is 0 Å². The lowest BCUT2D eigenvalue weighted by atomic mass is 9.94. The average Bonchev–Trinajstić information content (AvgIpc) is 2.00. The third kappa shape index (κ3) is 3.08. The molecule has 1 aliphatic rings. The van der Waals surface area contributed by atoms with E-state index < -0.39 is 0 Å². The number of allylic oxidation sites excluding steroid dienone is 4. The maximum absolute atomic E-state index is 5.29. The minimum absolute atomic E-state index is 0.138. The van der Waals surface area contributed by atoms with Gasteiger partial charge < -0.3 is 4.74 Å². The molecule has 11 heavy (non-hydrogen) atoms. The van der Waals surface area contributed by atoms with Crippen molar-refractivity contribution in [3.63, 3.8) is 0 Å². The van der Waals surface area contributed by atoms with E-state index >= 15 is 0 Å². The normalized spacial score (nSPS) is 30.4. The van der Waals surface area contributed by atoms with Gasteiger partial charge in [0.2, 0.25) is 0 Å². The Kier molecular flexibility index (Phi) is 2.53. The Balaban J connectivity index is 2.68. The van der Waals surface area contributed by atoms with Crippen molar-refractivity contribution in [2.75, 3.05) is 6.61 Å². The van der Waals surface area contributed by atoms with Gasteiger partial charge in [-0.25, -0.2) is 0 Å². The molecule has 0 bridgehead atoms. The predicted molar refractivity (Wildman–Crippen MR) is 47.2 cm³/mol. The maximum atomic E-state index is 5.29. The van der Waals surface area contributed by atoms with Gasteiger partial charge in [-0.2, -0.15) is 0 Å². The van der Waals surface area contributed by atoms with E-state index in [4.69, 9.17) is 4.74 Å². The molecule has 0 aromatic rings. The second-order valence-corrected chi connectivity index (χ2v) is 3.37. The topological polar surface area (TPSA) is 9.23 Å². The van der Waals surface area contributed by atoms with Gasteiger partial charge in [-0.05, 0) is 6.08 Å². The van der Waals surface area contributed by atoms with E-state index in [1.165, 1.54) is 0 Å². The van der Waals surface area contributed by atoms with Crippen molar-refractivity contribution in [3.05, 3.63) is 36.6 Å². The van der Waals surface area contributed by atoms with Crippen molar-refractivity contribution in [1.82, 2.24) is 0 Å². The third-order valence-electron chi connectivity index (χ3n) is 1.51. The van der Waals surface area contributed by atoms with Gasteiger partial charge in [-0.1, -0.05) is 38.2 Å². The van der Waals surface area contributed by atoms with E-state index in [0.29, 0.717) is 0 Å². The summed E-state index contributed by atoms with van der Waals surface area (Å²) in [6.07, 6.45) is 11.8. The Bertz CT molecular complexity index is 197. The molecule has 1 nitrogen and oxygen atoms in total. The molecule has 0 aliphatic carbocycles. The SMILES string of the molecule is CC1(C)\C=C/C=C\C=C/OC1. The quantitative estimate of drug-likeness (QED) is 0.516. The fourth-order valence-electron chi connectivity index (χ4n) is 0.856. The molecular formula is C10H14O. The van der Waals surface area contributed by atoms with Crippen LogP contribution >= 0.6 is 0 Å². The summed E-state index contributed by atoms with van der Waals surface area (Å²) < 4.78 is 5.29. The highest BCUT2D eigenvalue weighted by atomic mass is 16.5. The largest absolute Gasteiger partial charge is 0.500 e. The summed E-state index contributed by atoms with van der Waals surface area (Å²) in [5, 5.41) is 0. The highest BCUT2D eigenvalue weighted by Gasteiger charge is 2.13. The van der Waals surface area contributed by atoms with E-state index in [0.717, 1.165) is 6.61 Å². The van der Waals surface area contributed by atoms with Crippen LogP contribution in [-0.4, -0.2) is 6.61 Å². The molecule has 0 fully saturated rings. The van der Waals surface area contributed by atoms with Gasteiger partial charge in [0.05, 0.1) is 12.9 Å². The Labute approximate surface area is 68.1 Å². The van der Waals surface area contributed by atoms with Gasteiger partial charge in [0.15, 0.2) is 0 Å². The lowest BCUT2D eigenvalue weighted by Gasteiger charge is -2.18. The molecule has 1 aliphatic heterocycles. The summed E-state index contributed by atoms with van der Waals surface area (Å²) in [7, 11) is 0. The molecule has 0 spiro atoms. The first-order valence-electron chi connectivity index (χ1n) is 3.83. The second-order valence-electron chi connectivity index (χ2n) is 3.37. The van der Waals surface area contributed by atoms with Crippen LogP contribution in [0.2, 0.25) is 0 Å². The molecule has 60 valence electrons. The average molecular weight is 150 g/mol. The van der Waals surface area contributed by atoms with Crippen molar-refractivity contribution >= 4 is 0 Å². The number of hydrogen-bond donors (Lipinski definition) is 0. The zero-order valence-corrected chi connectivity index (χ0v) is 7.08. The summed E-state index contributed by atoms with van der Waals surface area (Å²) in [5.41, 5.74) is 0.138.